The van der Waals surface area contributed by atoms with E-state index in [4.69, 9.17) is 5.73 Å². The number of nitrogen functional groups attached to an aromatic ring is 1. The number of nitrogens with two attached hydrogens (primary N) is 1. The zero-order chi connectivity index (χ0) is 9.97. The Balaban J connectivity index is 2.55. The van der Waals surface area contributed by atoms with Gasteiger partial charge < -0.3 is 11.1 Å². The van der Waals surface area contributed by atoms with Crippen molar-refractivity contribution in [3.05, 3.63) is 35.0 Å². The van der Waals surface area contributed by atoms with Crippen molar-refractivity contribution in [3.8, 4) is 11.1 Å². The second-order valence-corrected chi connectivity index (χ2v) is 3.85. The minimum absolute atomic E-state index is 0.796. The molecule has 3 heteroatoms. The fourth-order valence-corrected chi connectivity index (χ4v) is 2.09. The molecule has 0 aliphatic rings. The Kier molecular flexibility index (Phi) is 2.41. The van der Waals surface area contributed by atoms with Gasteiger partial charge in [-0.2, -0.15) is 11.3 Å². The summed E-state index contributed by atoms with van der Waals surface area (Å²) in [4.78, 5) is 0. The lowest BCUT2D eigenvalue weighted by molar-refractivity contribution is 1.51. The summed E-state index contributed by atoms with van der Waals surface area (Å²) in [5.74, 6) is 0. The molecule has 1 aromatic heterocycles. The first kappa shape index (κ1) is 9.09. The van der Waals surface area contributed by atoms with Gasteiger partial charge in [-0.1, -0.05) is 0 Å². The Hall–Kier alpha value is -1.48. The number of rotatable bonds is 2. The van der Waals surface area contributed by atoms with Crippen LogP contribution in [-0.2, 0) is 0 Å². The van der Waals surface area contributed by atoms with Crippen LogP contribution in [0.4, 0.5) is 11.4 Å². The van der Waals surface area contributed by atoms with E-state index in [-0.39, 0.29) is 0 Å². The molecule has 3 N–H and O–H groups in total. The first-order chi connectivity index (χ1) is 6.81. The second-order valence-electron chi connectivity index (χ2n) is 3.07. The molecule has 2 rings (SSSR count). The summed E-state index contributed by atoms with van der Waals surface area (Å²) in [7, 11) is 1.92. The zero-order valence-corrected chi connectivity index (χ0v) is 8.77. The minimum Gasteiger partial charge on any atom is -0.399 e. The SMILES string of the molecule is CNc1ccc(N)cc1-c1ccsc1. The summed E-state index contributed by atoms with van der Waals surface area (Å²) in [6.45, 7) is 0. The molecular weight excluding hydrogens is 192 g/mol. The molecule has 14 heavy (non-hydrogen) atoms. The van der Waals surface area contributed by atoms with Crippen molar-refractivity contribution in [2.45, 2.75) is 0 Å². The Bertz CT molecular complexity index is 421. The number of anilines is 2. The number of hydrogen-bond donors (Lipinski definition) is 2. The smallest absolute Gasteiger partial charge is 0.0419 e. The summed E-state index contributed by atoms with van der Waals surface area (Å²) in [6, 6.07) is 8.00. The van der Waals surface area contributed by atoms with Gasteiger partial charge in [0.15, 0.2) is 0 Å². The zero-order valence-electron chi connectivity index (χ0n) is 7.95. The van der Waals surface area contributed by atoms with Gasteiger partial charge in [0, 0.05) is 24.0 Å². The summed E-state index contributed by atoms with van der Waals surface area (Å²) in [5, 5.41) is 7.35. The molecule has 0 bridgehead atoms. The van der Waals surface area contributed by atoms with Crippen molar-refractivity contribution >= 4 is 22.7 Å². The van der Waals surface area contributed by atoms with E-state index in [2.05, 4.69) is 22.1 Å². The van der Waals surface area contributed by atoms with Crippen molar-refractivity contribution in [3.63, 3.8) is 0 Å². The highest BCUT2D eigenvalue weighted by Gasteiger charge is 2.04. The fourth-order valence-electron chi connectivity index (χ4n) is 1.44. The van der Waals surface area contributed by atoms with Crippen LogP contribution in [-0.4, -0.2) is 7.05 Å². The maximum absolute atomic E-state index is 5.76. The van der Waals surface area contributed by atoms with Gasteiger partial charge in [-0.3, -0.25) is 0 Å². The minimum atomic E-state index is 0.796. The monoisotopic (exact) mass is 204 g/mol. The first-order valence-corrected chi connectivity index (χ1v) is 5.35. The third kappa shape index (κ3) is 1.59. The van der Waals surface area contributed by atoms with Crippen molar-refractivity contribution < 1.29 is 0 Å². The van der Waals surface area contributed by atoms with E-state index >= 15 is 0 Å². The standard InChI is InChI=1S/C11H12N2S/c1-13-11-3-2-9(12)6-10(11)8-4-5-14-7-8/h2-7,13H,12H2,1H3. The van der Waals surface area contributed by atoms with Gasteiger partial charge in [0.1, 0.15) is 0 Å². The molecule has 72 valence electrons. The van der Waals surface area contributed by atoms with E-state index in [9.17, 15) is 0 Å². The van der Waals surface area contributed by atoms with Crippen LogP contribution in [0.1, 0.15) is 0 Å². The van der Waals surface area contributed by atoms with Gasteiger partial charge in [-0.05, 0) is 40.6 Å². The molecule has 0 unspecified atom stereocenters. The topological polar surface area (TPSA) is 38.0 Å². The molecule has 0 saturated heterocycles. The molecule has 2 nitrogen and oxygen atoms in total. The average molecular weight is 204 g/mol. The summed E-state index contributed by atoms with van der Waals surface area (Å²) >= 11 is 1.69. The molecule has 0 radical (unpaired) electrons. The van der Waals surface area contributed by atoms with E-state index in [1.165, 1.54) is 5.56 Å². The van der Waals surface area contributed by atoms with Crippen LogP contribution < -0.4 is 11.1 Å². The maximum Gasteiger partial charge on any atom is 0.0419 e. The summed E-state index contributed by atoms with van der Waals surface area (Å²) < 4.78 is 0. The first-order valence-electron chi connectivity index (χ1n) is 4.41. The molecule has 0 fully saturated rings. The van der Waals surface area contributed by atoms with E-state index in [0.29, 0.717) is 0 Å². The number of hydrogen-bond acceptors (Lipinski definition) is 3. The van der Waals surface area contributed by atoms with Crippen LogP contribution in [0.25, 0.3) is 11.1 Å². The number of thiophene rings is 1. The quantitative estimate of drug-likeness (QED) is 0.738. The van der Waals surface area contributed by atoms with Crippen LogP contribution >= 0.6 is 11.3 Å². The predicted octanol–water partition coefficient (Wildman–Crippen LogP) is 3.04. The molecular formula is C11H12N2S. The molecule has 1 heterocycles. The molecule has 0 saturated carbocycles. The van der Waals surface area contributed by atoms with Gasteiger partial charge in [-0.25, -0.2) is 0 Å². The highest BCUT2D eigenvalue weighted by molar-refractivity contribution is 7.08. The van der Waals surface area contributed by atoms with Gasteiger partial charge in [-0.15, -0.1) is 0 Å². The van der Waals surface area contributed by atoms with Crippen LogP contribution in [0.2, 0.25) is 0 Å². The fraction of sp³-hybridized carbons (Fsp3) is 0.0909. The van der Waals surface area contributed by atoms with Gasteiger partial charge in [0.25, 0.3) is 0 Å². The van der Waals surface area contributed by atoms with Gasteiger partial charge in [0.05, 0.1) is 0 Å². The van der Waals surface area contributed by atoms with Crippen molar-refractivity contribution in [1.29, 1.82) is 0 Å². The van der Waals surface area contributed by atoms with E-state index < -0.39 is 0 Å². The molecule has 0 amide bonds. The van der Waals surface area contributed by atoms with E-state index in [0.717, 1.165) is 16.9 Å². The van der Waals surface area contributed by atoms with Crippen molar-refractivity contribution in [1.82, 2.24) is 0 Å². The lowest BCUT2D eigenvalue weighted by Crippen LogP contribution is -1.93. The maximum atomic E-state index is 5.76. The second kappa shape index (κ2) is 3.72. The third-order valence-corrected chi connectivity index (χ3v) is 2.83. The normalized spacial score (nSPS) is 10.1. The highest BCUT2D eigenvalue weighted by atomic mass is 32.1. The van der Waals surface area contributed by atoms with Gasteiger partial charge in [0.2, 0.25) is 0 Å². The Morgan fingerprint density at radius 3 is 2.79 bits per heavy atom. The molecule has 0 aliphatic carbocycles. The molecule has 2 aromatic rings. The average Bonchev–Trinajstić information content (AvgIpc) is 2.70. The lowest BCUT2D eigenvalue weighted by Gasteiger charge is -2.08. The van der Waals surface area contributed by atoms with Crippen LogP contribution in [0.15, 0.2) is 35.0 Å². The Morgan fingerprint density at radius 1 is 1.29 bits per heavy atom. The van der Waals surface area contributed by atoms with Crippen molar-refractivity contribution in [2.24, 2.45) is 0 Å². The predicted molar refractivity (Wildman–Crippen MR) is 63.7 cm³/mol. The van der Waals surface area contributed by atoms with Gasteiger partial charge >= 0.3 is 0 Å². The third-order valence-electron chi connectivity index (χ3n) is 2.15. The highest BCUT2D eigenvalue weighted by Crippen LogP contribution is 2.30. The molecule has 0 atom stereocenters. The molecule has 0 spiro atoms. The molecule has 0 aliphatic heterocycles. The lowest BCUT2D eigenvalue weighted by atomic mass is 10.1. The van der Waals surface area contributed by atoms with Crippen LogP contribution in [0, 0.1) is 0 Å². The number of nitrogens with one attached hydrogen (secondary N) is 1. The van der Waals surface area contributed by atoms with Crippen LogP contribution in [0.5, 0.6) is 0 Å². The van der Waals surface area contributed by atoms with Crippen molar-refractivity contribution in [2.75, 3.05) is 18.1 Å². The summed E-state index contributed by atoms with van der Waals surface area (Å²) in [5.41, 5.74) is 10.0. The van der Waals surface area contributed by atoms with E-state index in [1.54, 1.807) is 11.3 Å². The van der Waals surface area contributed by atoms with Crippen LogP contribution in [0.3, 0.4) is 0 Å². The largest absolute Gasteiger partial charge is 0.399 e. The number of benzene rings is 1. The Labute approximate surface area is 87.4 Å². The summed E-state index contributed by atoms with van der Waals surface area (Å²) in [6.07, 6.45) is 0. The van der Waals surface area contributed by atoms with E-state index in [1.807, 2.05) is 25.2 Å². The Morgan fingerprint density at radius 2 is 2.14 bits per heavy atom. The molecule has 1 aromatic carbocycles.